The van der Waals surface area contributed by atoms with Gasteiger partial charge in [0.2, 0.25) is 0 Å². The molecule has 0 bridgehead atoms. The first-order chi connectivity index (χ1) is 10.1. The SMILES string of the molecule is CC(C)CC(Nc1ccc(Cl)c(C#N)c1)c1ccccc1. The number of hydrogen-bond acceptors (Lipinski definition) is 2. The van der Waals surface area contributed by atoms with Crippen LogP contribution >= 0.6 is 11.6 Å². The fourth-order valence-electron chi connectivity index (χ4n) is 2.34. The van der Waals surface area contributed by atoms with Crippen molar-refractivity contribution in [3.05, 3.63) is 64.7 Å². The Kier molecular flexibility index (Phi) is 5.25. The van der Waals surface area contributed by atoms with Gasteiger partial charge in [-0.15, -0.1) is 0 Å². The van der Waals surface area contributed by atoms with E-state index in [2.05, 4.69) is 37.4 Å². The highest BCUT2D eigenvalue weighted by atomic mass is 35.5. The molecule has 0 aliphatic rings. The second-order valence-corrected chi connectivity index (χ2v) is 5.95. The molecule has 0 saturated heterocycles. The van der Waals surface area contributed by atoms with Gasteiger partial charge in [-0.1, -0.05) is 55.8 Å². The van der Waals surface area contributed by atoms with Gasteiger partial charge in [0.1, 0.15) is 6.07 Å². The van der Waals surface area contributed by atoms with Crippen LogP contribution in [-0.2, 0) is 0 Å². The maximum absolute atomic E-state index is 9.08. The summed E-state index contributed by atoms with van der Waals surface area (Å²) in [7, 11) is 0. The van der Waals surface area contributed by atoms with E-state index < -0.39 is 0 Å². The Morgan fingerprint density at radius 3 is 2.48 bits per heavy atom. The number of benzene rings is 2. The highest BCUT2D eigenvalue weighted by Gasteiger charge is 2.13. The molecule has 0 heterocycles. The third-order valence-corrected chi connectivity index (χ3v) is 3.67. The Hall–Kier alpha value is -1.98. The minimum absolute atomic E-state index is 0.221. The van der Waals surface area contributed by atoms with Crippen molar-refractivity contribution in [2.24, 2.45) is 5.92 Å². The zero-order valence-corrected chi connectivity index (χ0v) is 13.1. The van der Waals surface area contributed by atoms with Crippen molar-refractivity contribution in [2.45, 2.75) is 26.3 Å². The van der Waals surface area contributed by atoms with Gasteiger partial charge in [-0.05, 0) is 36.1 Å². The first-order valence-electron chi connectivity index (χ1n) is 7.11. The molecule has 0 saturated carbocycles. The van der Waals surface area contributed by atoms with Gasteiger partial charge in [0, 0.05) is 5.69 Å². The van der Waals surface area contributed by atoms with Crippen LogP contribution in [0, 0.1) is 17.2 Å². The zero-order valence-electron chi connectivity index (χ0n) is 12.3. The van der Waals surface area contributed by atoms with Gasteiger partial charge < -0.3 is 5.32 Å². The van der Waals surface area contributed by atoms with E-state index in [1.54, 1.807) is 12.1 Å². The van der Waals surface area contributed by atoms with Crippen molar-refractivity contribution in [3.8, 4) is 6.07 Å². The summed E-state index contributed by atoms with van der Waals surface area (Å²) in [5, 5.41) is 13.1. The third-order valence-electron chi connectivity index (χ3n) is 3.34. The number of anilines is 1. The van der Waals surface area contributed by atoms with E-state index in [0.717, 1.165) is 12.1 Å². The summed E-state index contributed by atoms with van der Waals surface area (Å²) in [5.74, 6) is 0.574. The lowest BCUT2D eigenvalue weighted by molar-refractivity contribution is 0.531. The first-order valence-corrected chi connectivity index (χ1v) is 7.49. The van der Waals surface area contributed by atoms with E-state index in [0.29, 0.717) is 16.5 Å². The molecule has 108 valence electrons. The average Bonchev–Trinajstić information content (AvgIpc) is 2.49. The van der Waals surface area contributed by atoms with Crippen LogP contribution in [0.2, 0.25) is 5.02 Å². The van der Waals surface area contributed by atoms with Crippen LogP contribution in [-0.4, -0.2) is 0 Å². The molecule has 21 heavy (non-hydrogen) atoms. The molecule has 0 spiro atoms. The molecule has 1 N–H and O–H groups in total. The minimum Gasteiger partial charge on any atom is -0.378 e. The predicted octanol–water partition coefficient (Wildman–Crippen LogP) is 5.41. The fraction of sp³-hybridized carbons (Fsp3) is 0.278. The summed E-state index contributed by atoms with van der Waals surface area (Å²) in [6.07, 6.45) is 1.02. The largest absolute Gasteiger partial charge is 0.378 e. The van der Waals surface area contributed by atoms with Crippen LogP contribution in [0.3, 0.4) is 0 Å². The predicted molar refractivity (Wildman–Crippen MR) is 88.4 cm³/mol. The lowest BCUT2D eigenvalue weighted by Gasteiger charge is -2.22. The van der Waals surface area contributed by atoms with Crippen LogP contribution in [0.15, 0.2) is 48.5 Å². The van der Waals surface area contributed by atoms with Crippen LogP contribution in [0.25, 0.3) is 0 Å². The molecule has 0 fully saturated rings. The average molecular weight is 299 g/mol. The van der Waals surface area contributed by atoms with Crippen molar-refractivity contribution in [1.29, 1.82) is 5.26 Å². The highest BCUT2D eigenvalue weighted by molar-refractivity contribution is 6.31. The summed E-state index contributed by atoms with van der Waals surface area (Å²) >= 11 is 5.98. The summed E-state index contributed by atoms with van der Waals surface area (Å²) < 4.78 is 0. The van der Waals surface area contributed by atoms with Crippen LogP contribution in [0.4, 0.5) is 5.69 Å². The molecule has 1 unspecified atom stereocenters. The molecular formula is C18H19ClN2. The standard InChI is InChI=1S/C18H19ClN2/c1-13(2)10-18(14-6-4-3-5-7-14)21-16-8-9-17(19)15(11-16)12-20/h3-9,11,13,18,21H,10H2,1-2H3. The normalized spacial score (nSPS) is 12.0. The molecule has 1 atom stereocenters. The minimum atomic E-state index is 0.221. The summed E-state index contributed by atoms with van der Waals surface area (Å²) in [4.78, 5) is 0. The number of rotatable bonds is 5. The maximum atomic E-state index is 9.08. The first kappa shape index (κ1) is 15.4. The zero-order chi connectivity index (χ0) is 15.2. The highest BCUT2D eigenvalue weighted by Crippen LogP contribution is 2.28. The molecule has 2 nitrogen and oxygen atoms in total. The molecule has 0 amide bonds. The van der Waals surface area contributed by atoms with Gasteiger partial charge >= 0.3 is 0 Å². The fourth-order valence-corrected chi connectivity index (χ4v) is 2.50. The van der Waals surface area contributed by atoms with Crippen molar-refractivity contribution < 1.29 is 0 Å². The molecular weight excluding hydrogens is 280 g/mol. The number of halogens is 1. The summed E-state index contributed by atoms with van der Waals surface area (Å²) in [6, 6.07) is 18.2. The molecule has 0 aromatic heterocycles. The molecule has 0 aliphatic heterocycles. The number of nitriles is 1. The Morgan fingerprint density at radius 2 is 1.86 bits per heavy atom. The van der Waals surface area contributed by atoms with Gasteiger partial charge in [-0.2, -0.15) is 5.26 Å². The van der Waals surface area contributed by atoms with Crippen molar-refractivity contribution >= 4 is 17.3 Å². The van der Waals surface area contributed by atoms with Gasteiger partial charge in [0.05, 0.1) is 16.6 Å². The van der Waals surface area contributed by atoms with E-state index in [1.165, 1.54) is 5.56 Å². The van der Waals surface area contributed by atoms with E-state index in [4.69, 9.17) is 16.9 Å². The summed E-state index contributed by atoms with van der Waals surface area (Å²) in [5.41, 5.74) is 2.67. The molecule has 0 radical (unpaired) electrons. The number of nitrogens with zero attached hydrogens (tertiary/aromatic N) is 1. The Labute approximate surface area is 131 Å². The Balaban J connectivity index is 2.25. The molecule has 0 aliphatic carbocycles. The molecule has 2 rings (SSSR count). The molecule has 2 aromatic rings. The van der Waals surface area contributed by atoms with Gasteiger partial charge in [0.15, 0.2) is 0 Å². The van der Waals surface area contributed by atoms with Gasteiger partial charge in [-0.3, -0.25) is 0 Å². The van der Waals surface area contributed by atoms with E-state index in [9.17, 15) is 0 Å². The van der Waals surface area contributed by atoms with Crippen LogP contribution in [0.1, 0.15) is 37.4 Å². The monoisotopic (exact) mass is 298 g/mol. The third kappa shape index (κ3) is 4.24. The Bertz CT molecular complexity index is 629. The lowest BCUT2D eigenvalue weighted by Crippen LogP contribution is -2.13. The van der Waals surface area contributed by atoms with E-state index in [1.807, 2.05) is 24.3 Å². The molecule has 2 aromatic carbocycles. The number of nitrogens with one attached hydrogen (secondary N) is 1. The Morgan fingerprint density at radius 1 is 1.14 bits per heavy atom. The van der Waals surface area contributed by atoms with Crippen molar-refractivity contribution in [1.82, 2.24) is 0 Å². The van der Waals surface area contributed by atoms with Gasteiger partial charge in [-0.25, -0.2) is 0 Å². The van der Waals surface area contributed by atoms with Crippen molar-refractivity contribution in [2.75, 3.05) is 5.32 Å². The van der Waals surface area contributed by atoms with Gasteiger partial charge in [0.25, 0.3) is 0 Å². The maximum Gasteiger partial charge on any atom is 0.101 e. The van der Waals surface area contributed by atoms with Crippen LogP contribution < -0.4 is 5.32 Å². The second-order valence-electron chi connectivity index (χ2n) is 5.54. The smallest absolute Gasteiger partial charge is 0.101 e. The van der Waals surface area contributed by atoms with Crippen molar-refractivity contribution in [3.63, 3.8) is 0 Å². The topological polar surface area (TPSA) is 35.8 Å². The number of hydrogen-bond donors (Lipinski definition) is 1. The summed E-state index contributed by atoms with van der Waals surface area (Å²) in [6.45, 7) is 4.42. The second kappa shape index (κ2) is 7.15. The lowest BCUT2D eigenvalue weighted by atomic mass is 9.96. The van der Waals surface area contributed by atoms with E-state index in [-0.39, 0.29) is 6.04 Å². The van der Waals surface area contributed by atoms with Crippen LogP contribution in [0.5, 0.6) is 0 Å². The van der Waals surface area contributed by atoms with E-state index >= 15 is 0 Å². The molecule has 3 heteroatoms. The quantitative estimate of drug-likeness (QED) is 0.801.